The summed E-state index contributed by atoms with van der Waals surface area (Å²) in [6, 6.07) is 0. The fourth-order valence-electron chi connectivity index (χ4n) is 0. The van der Waals surface area contributed by atoms with Crippen molar-refractivity contribution in [3.05, 3.63) is 14.5 Å². The Morgan fingerprint density at radius 3 is 0.818 bits per heavy atom. The Balaban J connectivity index is -0.00000000378. The zero-order chi connectivity index (χ0) is 6.71. The van der Waals surface area contributed by atoms with Crippen LogP contribution in [0.3, 0.4) is 0 Å². The standard InChI is InChI=1S/CH3O2.CH3.3Co.2H2O2/c1-3-2;;;;;2*1-2/h2H,1H2;1H3;;;;2*1-2H/q2*-1;;;;;. The van der Waals surface area contributed by atoms with Gasteiger partial charge in [0, 0.05) is 50.3 Å². The third-order valence-electron chi connectivity index (χ3n) is 0. The summed E-state index contributed by atoms with van der Waals surface area (Å²) in [6.07, 6.45) is 0. The van der Waals surface area contributed by atoms with Gasteiger partial charge in [0.15, 0.2) is 0 Å². The van der Waals surface area contributed by atoms with Crippen LogP contribution in [0, 0.1) is 14.5 Å². The van der Waals surface area contributed by atoms with Crippen molar-refractivity contribution in [3.8, 4) is 0 Å². The van der Waals surface area contributed by atoms with Crippen molar-refractivity contribution in [3.63, 3.8) is 0 Å². The minimum atomic E-state index is 0. The van der Waals surface area contributed by atoms with Crippen LogP contribution < -0.4 is 0 Å². The van der Waals surface area contributed by atoms with E-state index in [1.165, 1.54) is 0 Å². The topological polar surface area (TPSA) is 110 Å². The van der Waals surface area contributed by atoms with Gasteiger partial charge in [-0.25, -0.2) is 0 Å². The summed E-state index contributed by atoms with van der Waals surface area (Å²) in [7, 11) is 2.54. The third-order valence-corrected chi connectivity index (χ3v) is 0. The van der Waals surface area contributed by atoms with Crippen molar-refractivity contribution in [1.29, 1.82) is 0 Å². The molecule has 0 aromatic rings. The van der Waals surface area contributed by atoms with Gasteiger partial charge in [-0.05, 0) is 0 Å². The summed E-state index contributed by atoms with van der Waals surface area (Å²) in [5, 5.41) is 31.0. The van der Waals surface area contributed by atoms with Crippen molar-refractivity contribution in [2.45, 2.75) is 0 Å². The molecular weight excluding hydrogens is 297 g/mol. The molecule has 83 valence electrons. The van der Waals surface area contributed by atoms with E-state index in [4.69, 9.17) is 26.3 Å². The molecule has 3 radical (unpaired) electrons. The zero-order valence-electron chi connectivity index (χ0n) is 5.35. The van der Waals surface area contributed by atoms with Crippen LogP contribution in [-0.2, 0) is 55.2 Å². The summed E-state index contributed by atoms with van der Waals surface area (Å²) in [5.41, 5.74) is 0. The molecule has 0 bridgehead atoms. The summed E-state index contributed by atoms with van der Waals surface area (Å²) in [6.45, 7) is 0. The molecule has 0 aliphatic carbocycles. The Labute approximate surface area is 96.0 Å². The van der Waals surface area contributed by atoms with Gasteiger partial charge in [-0.3, -0.25) is 26.3 Å². The number of hydrogen-bond donors (Lipinski definition) is 5. The van der Waals surface area contributed by atoms with E-state index in [1.807, 2.05) is 0 Å². The first-order chi connectivity index (χ1) is 3.41. The molecule has 0 aromatic carbocycles. The smallest absolute Gasteiger partial charge is 0 e. The van der Waals surface area contributed by atoms with E-state index in [9.17, 15) is 0 Å². The van der Waals surface area contributed by atoms with Crippen LogP contribution in [0.15, 0.2) is 0 Å². The number of hydrogen-bond acceptors (Lipinski definition) is 6. The summed E-state index contributed by atoms with van der Waals surface area (Å²) in [4.78, 5) is 3.00. The van der Waals surface area contributed by atoms with E-state index >= 15 is 0 Å². The first kappa shape index (κ1) is 56.1. The first-order valence-corrected chi connectivity index (χ1v) is 0.871. The van der Waals surface area contributed by atoms with Crippen LogP contribution in [0.25, 0.3) is 0 Å². The average Bonchev–Trinajstić information content (AvgIpc) is 1.78. The van der Waals surface area contributed by atoms with Crippen LogP contribution in [-0.4, -0.2) is 26.3 Å². The Bertz CT molecular complexity index is 15.8. The Morgan fingerprint density at radius 2 is 0.818 bits per heavy atom. The molecule has 0 unspecified atom stereocenters. The molecule has 0 spiro atoms. The van der Waals surface area contributed by atoms with Crippen LogP contribution in [0.4, 0.5) is 0 Å². The normalized spacial score (nSPS) is 2.73. The van der Waals surface area contributed by atoms with Gasteiger partial charge in [0.05, 0.1) is 0 Å². The summed E-state index contributed by atoms with van der Waals surface area (Å²) < 4.78 is 0. The molecule has 0 atom stereocenters. The Kier molecular flexibility index (Phi) is 1170. The maximum atomic E-state index is 6.96. The molecule has 0 aliphatic rings. The average molecular weight is 307 g/mol. The molecule has 0 fully saturated rings. The van der Waals surface area contributed by atoms with Gasteiger partial charge in [-0.15, -0.1) is 0 Å². The molecule has 0 amide bonds. The van der Waals surface area contributed by atoms with E-state index in [1.54, 1.807) is 0 Å². The second-order valence-electron chi connectivity index (χ2n) is 0.129. The largest absolute Gasteiger partial charge is 0.419 e. The molecule has 0 saturated carbocycles. The van der Waals surface area contributed by atoms with Gasteiger partial charge < -0.3 is 12.3 Å². The van der Waals surface area contributed by atoms with E-state index in [2.05, 4.69) is 12.0 Å². The predicted octanol–water partition coefficient (Wildman–Crippen LogP) is 0.745. The van der Waals surface area contributed by atoms with Crippen LogP contribution in [0.2, 0.25) is 0 Å². The fourth-order valence-corrected chi connectivity index (χ4v) is 0. The zero-order valence-corrected chi connectivity index (χ0v) is 8.47. The molecular formula is C2H10Co3O6-2. The summed E-state index contributed by atoms with van der Waals surface area (Å²) >= 11 is 0. The Hall–Kier alpha value is 1.28. The molecule has 5 N–H and O–H groups in total. The van der Waals surface area contributed by atoms with Gasteiger partial charge >= 0.3 is 0 Å². The van der Waals surface area contributed by atoms with Gasteiger partial charge in [-0.1, -0.05) is 0 Å². The minimum Gasteiger partial charge on any atom is -0.419 e. The summed E-state index contributed by atoms with van der Waals surface area (Å²) in [5.74, 6) is 0. The fraction of sp³-hybridized carbons (Fsp3) is 0. The van der Waals surface area contributed by atoms with E-state index < -0.39 is 0 Å². The van der Waals surface area contributed by atoms with Crippen LogP contribution in [0.5, 0.6) is 0 Å². The molecule has 0 aromatic heterocycles. The molecule has 0 aliphatic heterocycles. The predicted molar refractivity (Wildman–Crippen MR) is 26.0 cm³/mol. The number of rotatable bonds is 0. The SMILES string of the molecule is OO.OO.[CH2-]OO.[CH3-].[Co].[Co].[Co]. The van der Waals surface area contributed by atoms with E-state index in [0.29, 0.717) is 0 Å². The quantitative estimate of drug-likeness (QED) is 0.256. The van der Waals surface area contributed by atoms with Gasteiger partial charge in [0.2, 0.25) is 0 Å². The molecule has 11 heavy (non-hydrogen) atoms. The van der Waals surface area contributed by atoms with Crippen molar-refractivity contribution >= 4 is 0 Å². The molecule has 0 rings (SSSR count). The molecule has 0 saturated heterocycles. The molecule has 6 nitrogen and oxygen atoms in total. The monoisotopic (exact) mass is 307 g/mol. The second-order valence-corrected chi connectivity index (χ2v) is 0.129. The Morgan fingerprint density at radius 1 is 0.818 bits per heavy atom. The third kappa shape index (κ3) is 593. The minimum absolute atomic E-state index is 0. The van der Waals surface area contributed by atoms with Crippen molar-refractivity contribution in [2.75, 3.05) is 0 Å². The van der Waals surface area contributed by atoms with Crippen molar-refractivity contribution in [1.82, 2.24) is 0 Å². The van der Waals surface area contributed by atoms with Gasteiger partial charge in [-0.2, -0.15) is 7.11 Å². The maximum absolute atomic E-state index is 6.96. The molecule has 0 heterocycles. The van der Waals surface area contributed by atoms with E-state index in [-0.39, 0.29) is 57.8 Å². The van der Waals surface area contributed by atoms with Crippen molar-refractivity contribution < 1.29 is 81.5 Å². The van der Waals surface area contributed by atoms with Crippen LogP contribution >= 0.6 is 0 Å². The second kappa shape index (κ2) is 229. The first-order valence-electron chi connectivity index (χ1n) is 0.871. The molecule has 9 heteroatoms. The van der Waals surface area contributed by atoms with Crippen molar-refractivity contribution in [2.24, 2.45) is 0 Å². The van der Waals surface area contributed by atoms with E-state index in [0.717, 1.165) is 0 Å². The van der Waals surface area contributed by atoms with Crippen LogP contribution in [0.1, 0.15) is 0 Å². The maximum Gasteiger partial charge on any atom is 0 e. The van der Waals surface area contributed by atoms with Gasteiger partial charge in [0.1, 0.15) is 0 Å². The van der Waals surface area contributed by atoms with Gasteiger partial charge in [0.25, 0.3) is 0 Å².